The topological polar surface area (TPSA) is 50.8 Å². The Kier molecular flexibility index (Phi) is 8.08. The number of amides is 1. The number of rotatable bonds is 9. The van der Waals surface area contributed by atoms with Crippen LogP contribution < -0.4 is 14.8 Å². The third-order valence-corrected chi connectivity index (χ3v) is 4.72. The van der Waals surface area contributed by atoms with Crippen molar-refractivity contribution in [3.63, 3.8) is 0 Å². The molecule has 0 heterocycles. The van der Waals surface area contributed by atoms with Gasteiger partial charge in [0.05, 0.1) is 20.3 Å². The summed E-state index contributed by atoms with van der Waals surface area (Å²) in [5.41, 5.74) is 3.28. The van der Waals surface area contributed by atoms with Crippen LogP contribution in [0.25, 0.3) is 6.08 Å². The lowest BCUT2D eigenvalue weighted by Gasteiger charge is -2.25. The summed E-state index contributed by atoms with van der Waals surface area (Å²) in [4.78, 5) is 14.4. The molecule has 5 heteroatoms. The van der Waals surface area contributed by atoms with E-state index < -0.39 is 0 Å². The van der Waals surface area contributed by atoms with E-state index in [1.165, 1.54) is 17.2 Å². The fourth-order valence-electron chi connectivity index (χ4n) is 2.97. The molecule has 2 rings (SSSR count). The molecule has 0 radical (unpaired) electrons. The molecule has 2 aromatic rings. The summed E-state index contributed by atoms with van der Waals surface area (Å²) in [7, 11) is 7.24. The van der Waals surface area contributed by atoms with Gasteiger partial charge in [-0.15, -0.1) is 0 Å². The second kappa shape index (κ2) is 10.5. The number of carbonyl (C=O) groups excluding carboxylic acids is 1. The van der Waals surface area contributed by atoms with Crippen LogP contribution in [0.2, 0.25) is 0 Å². The lowest BCUT2D eigenvalue weighted by atomic mass is 10.0. The summed E-state index contributed by atoms with van der Waals surface area (Å²) in [6.07, 6.45) is 4.27. The zero-order valence-corrected chi connectivity index (χ0v) is 17.4. The first-order valence-electron chi connectivity index (χ1n) is 9.41. The number of methoxy groups -OCH3 is 2. The highest BCUT2D eigenvalue weighted by atomic mass is 16.5. The van der Waals surface area contributed by atoms with E-state index in [2.05, 4.69) is 41.4 Å². The highest BCUT2D eigenvalue weighted by Gasteiger charge is 2.14. The van der Waals surface area contributed by atoms with E-state index in [4.69, 9.17) is 9.47 Å². The molecular formula is C23H30N2O3. The lowest BCUT2D eigenvalue weighted by molar-refractivity contribution is -0.116. The molecule has 150 valence electrons. The molecule has 1 atom stereocenters. The number of ether oxygens (including phenoxy) is 2. The van der Waals surface area contributed by atoms with Crippen molar-refractivity contribution >= 4 is 12.0 Å². The number of aryl methyl sites for hydroxylation is 1. The van der Waals surface area contributed by atoms with E-state index in [-0.39, 0.29) is 11.9 Å². The third kappa shape index (κ3) is 5.86. The van der Waals surface area contributed by atoms with Crippen molar-refractivity contribution in [2.45, 2.75) is 19.4 Å². The summed E-state index contributed by atoms with van der Waals surface area (Å²) >= 11 is 0. The minimum Gasteiger partial charge on any atom is -0.497 e. The molecule has 0 saturated carbocycles. The van der Waals surface area contributed by atoms with Crippen molar-refractivity contribution in [1.29, 1.82) is 0 Å². The minimum atomic E-state index is -0.151. The molecule has 5 nitrogen and oxygen atoms in total. The van der Waals surface area contributed by atoms with Crippen LogP contribution in [0.5, 0.6) is 11.5 Å². The first kappa shape index (κ1) is 21.5. The number of likely N-dealkylation sites (N-methyl/N-ethyl adjacent to an activating group) is 1. The van der Waals surface area contributed by atoms with Crippen LogP contribution in [0.3, 0.4) is 0 Å². The Labute approximate surface area is 168 Å². The summed E-state index contributed by atoms with van der Waals surface area (Å²) in [5.74, 6) is 1.25. The molecule has 0 aromatic heterocycles. The molecule has 0 bridgehead atoms. The maximum atomic E-state index is 12.3. The lowest BCUT2D eigenvalue weighted by Crippen LogP contribution is -2.33. The van der Waals surface area contributed by atoms with Crippen LogP contribution >= 0.6 is 0 Å². The van der Waals surface area contributed by atoms with Gasteiger partial charge in [-0.25, -0.2) is 0 Å². The molecule has 28 heavy (non-hydrogen) atoms. The second-order valence-electron chi connectivity index (χ2n) is 6.76. The first-order chi connectivity index (χ1) is 13.5. The van der Waals surface area contributed by atoms with Gasteiger partial charge in [0.1, 0.15) is 11.5 Å². The predicted octanol–water partition coefficient (Wildman–Crippen LogP) is 3.70. The maximum absolute atomic E-state index is 12.3. The third-order valence-electron chi connectivity index (χ3n) is 4.72. The summed E-state index contributed by atoms with van der Waals surface area (Å²) in [5, 5.41) is 2.99. The fraction of sp³-hybridized carbons (Fsp3) is 0.348. The monoisotopic (exact) mass is 382 g/mol. The largest absolute Gasteiger partial charge is 0.497 e. The zero-order chi connectivity index (χ0) is 20.5. The Morgan fingerprint density at radius 3 is 2.39 bits per heavy atom. The molecule has 1 amide bonds. The van der Waals surface area contributed by atoms with Crippen LogP contribution in [0.1, 0.15) is 29.7 Å². The van der Waals surface area contributed by atoms with Gasteiger partial charge in [0.25, 0.3) is 0 Å². The highest BCUT2D eigenvalue weighted by molar-refractivity contribution is 5.92. The van der Waals surface area contributed by atoms with Gasteiger partial charge in [-0.3, -0.25) is 4.79 Å². The SMILES string of the molecule is CCc1ccc(C(CNC(=O)/C=C/c2cc(OC)ccc2OC)N(C)C)cc1. The van der Waals surface area contributed by atoms with Gasteiger partial charge < -0.3 is 19.7 Å². The smallest absolute Gasteiger partial charge is 0.244 e. The van der Waals surface area contributed by atoms with Crippen molar-refractivity contribution in [1.82, 2.24) is 10.2 Å². The molecule has 0 fully saturated rings. The van der Waals surface area contributed by atoms with Gasteiger partial charge in [0, 0.05) is 18.2 Å². The van der Waals surface area contributed by atoms with Gasteiger partial charge in [-0.05, 0) is 55.9 Å². The number of carbonyl (C=O) groups is 1. The van der Waals surface area contributed by atoms with Crippen LogP contribution in [0, 0.1) is 0 Å². The van der Waals surface area contributed by atoms with Crippen LogP contribution in [0.4, 0.5) is 0 Å². The van der Waals surface area contributed by atoms with Crippen LogP contribution in [-0.4, -0.2) is 45.7 Å². The van der Waals surface area contributed by atoms with Crippen LogP contribution in [0.15, 0.2) is 48.5 Å². The summed E-state index contributed by atoms with van der Waals surface area (Å²) < 4.78 is 10.6. The minimum absolute atomic E-state index is 0.106. The second-order valence-corrected chi connectivity index (χ2v) is 6.76. The van der Waals surface area contributed by atoms with Crippen molar-refractivity contribution in [2.75, 3.05) is 34.9 Å². The molecular weight excluding hydrogens is 352 g/mol. The molecule has 0 aliphatic rings. The average molecular weight is 383 g/mol. The van der Waals surface area contributed by atoms with Crippen molar-refractivity contribution in [2.24, 2.45) is 0 Å². The number of hydrogen-bond acceptors (Lipinski definition) is 4. The van der Waals surface area contributed by atoms with E-state index in [0.717, 1.165) is 12.0 Å². The first-order valence-corrected chi connectivity index (χ1v) is 9.41. The number of nitrogens with zero attached hydrogens (tertiary/aromatic N) is 1. The van der Waals surface area contributed by atoms with Crippen molar-refractivity contribution in [3.05, 3.63) is 65.2 Å². The average Bonchev–Trinajstić information content (AvgIpc) is 2.72. The van der Waals surface area contributed by atoms with Gasteiger partial charge in [-0.2, -0.15) is 0 Å². The Morgan fingerprint density at radius 2 is 1.82 bits per heavy atom. The van der Waals surface area contributed by atoms with E-state index in [1.807, 2.05) is 32.3 Å². The van der Waals surface area contributed by atoms with E-state index >= 15 is 0 Å². The van der Waals surface area contributed by atoms with Gasteiger partial charge in [-0.1, -0.05) is 31.2 Å². The quantitative estimate of drug-likeness (QED) is 0.672. The van der Waals surface area contributed by atoms with Gasteiger partial charge in [0.2, 0.25) is 5.91 Å². The van der Waals surface area contributed by atoms with Crippen molar-refractivity contribution in [3.8, 4) is 11.5 Å². The normalized spacial score (nSPS) is 12.2. The van der Waals surface area contributed by atoms with E-state index in [9.17, 15) is 4.79 Å². The summed E-state index contributed by atoms with van der Waals surface area (Å²) in [6, 6.07) is 14.1. The molecule has 2 aromatic carbocycles. The van der Waals surface area contributed by atoms with Crippen LogP contribution in [-0.2, 0) is 11.2 Å². The van der Waals surface area contributed by atoms with Gasteiger partial charge >= 0.3 is 0 Å². The number of nitrogens with one attached hydrogen (secondary N) is 1. The molecule has 1 N–H and O–H groups in total. The van der Waals surface area contributed by atoms with E-state index in [0.29, 0.717) is 18.0 Å². The highest BCUT2D eigenvalue weighted by Crippen LogP contribution is 2.25. The maximum Gasteiger partial charge on any atom is 0.244 e. The molecule has 0 saturated heterocycles. The van der Waals surface area contributed by atoms with Crippen molar-refractivity contribution < 1.29 is 14.3 Å². The number of benzene rings is 2. The summed E-state index contributed by atoms with van der Waals surface area (Å²) in [6.45, 7) is 2.67. The predicted molar refractivity (Wildman–Crippen MR) is 114 cm³/mol. The zero-order valence-electron chi connectivity index (χ0n) is 17.4. The fourth-order valence-corrected chi connectivity index (χ4v) is 2.97. The van der Waals surface area contributed by atoms with Gasteiger partial charge in [0.15, 0.2) is 0 Å². The molecule has 0 spiro atoms. The Bertz CT molecular complexity index is 798. The molecule has 0 aliphatic carbocycles. The molecule has 1 unspecified atom stereocenters. The Hall–Kier alpha value is -2.79. The Balaban J connectivity index is 2.04. The standard InChI is InChI=1S/C23H30N2O3/c1-6-17-7-9-18(10-8-17)21(25(2)3)16-24-23(26)14-11-19-15-20(27-4)12-13-22(19)28-5/h7-15,21H,6,16H2,1-5H3,(H,24,26)/b14-11+. The molecule has 0 aliphatic heterocycles. The Morgan fingerprint density at radius 1 is 1.11 bits per heavy atom. The van der Waals surface area contributed by atoms with E-state index in [1.54, 1.807) is 20.3 Å². The number of hydrogen-bond donors (Lipinski definition) is 1.